The highest BCUT2D eigenvalue weighted by Gasteiger charge is 2.27. The summed E-state index contributed by atoms with van der Waals surface area (Å²) in [5.41, 5.74) is 10.3. The van der Waals surface area contributed by atoms with E-state index in [4.69, 9.17) is 16.6 Å². The first-order valence-corrected chi connectivity index (χ1v) is 8.09. The number of primary amides is 1. The maximum atomic E-state index is 11.9. The largest absolute Gasteiger partial charge is 0.480 e. The van der Waals surface area contributed by atoms with Gasteiger partial charge in [0.15, 0.2) is 0 Å². The highest BCUT2D eigenvalue weighted by atomic mass is 32.2. The van der Waals surface area contributed by atoms with Gasteiger partial charge < -0.3 is 32.3 Å². The van der Waals surface area contributed by atoms with Crippen LogP contribution < -0.4 is 22.1 Å². The van der Waals surface area contributed by atoms with Crippen LogP contribution >= 0.6 is 11.8 Å². The van der Waals surface area contributed by atoms with E-state index in [1.807, 2.05) is 0 Å². The standard InChI is InChI=1S/C12H22N4O6S/c1-23-3-2-7(12(21)22)15-11(20)8(5-17)16-10(19)6(13)4-9(14)18/h6-8,17H,2-5,13H2,1H3,(H2,14,18)(H,15,20)(H,16,19)(H,21,22). The van der Waals surface area contributed by atoms with E-state index in [-0.39, 0.29) is 6.42 Å². The van der Waals surface area contributed by atoms with Gasteiger partial charge in [-0.15, -0.1) is 0 Å². The number of nitrogens with one attached hydrogen (secondary N) is 2. The number of nitrogens with two attached hydrogens (primary N) is 2. The van der Waals surface area contributed by atoms with Crippen LogP contribution in [-0.2, 0) is 19.2 Å². The van der Waals surface area contributed by atoms with Crippen LogP contribution in [-0.4, -0.2) is 70.6 Å². The molecule has 0 heterocycles. The van der Waals surface area contributed by atoms with Gasteiger partial charge in [-0.1, -0.05) is 0 Å². The molecule has 0 aromatic carbocycles. The lowest BCUT2D eigenvalue weighted by atomic mass is 10.1. The van der Waals surface area contributed by atoms with Crippen molar-refractivity contribution in [3.63, 3.8) is 0 Å². The third-order valence-corrected chi connectivity index (χ3v) is 3.44. The lowest BCUT2D eigenvalue weighted by Crippen LogP contribution is -2.56. The Morgan fingerprint density at radius 1 is 1.13 bits per heavy atom. The molecule has 132 valence electrons. The fourth-order valence-electron chi connectivity index (χ4n) is 1.55. The van der Waals surface area contributed by atoms with Gasteiger partial charge >= 0.3 is 5.97 Å². The molecule has 0 fully saturated rings. The summed E-state index contributed by atoms with van der Waals surface area (Å²) in [6.45, 7) is -0.754. The maximum Gasteiger partial charge on any atom is 0.326 e. The molecule has 0 rings (SSSR count). The SMILES string of the molecule is CSCCC(NC(=O)C(CO)NC(=O)C(N)CC(N)=O)C(=O)O. The summed E-state index contributed by atoms with van der Waals surface area (Å²) in [6, 6.07) is -3.78. The number of carboxylic acids is 1. The van der Waals surface area contributed by atoms with Gasteiger partial charge in [-0.25, -0.2) is 4.79 Å². The number of carbonyl (C=O) groups excluding carboxylic acids is 3. The molecule has 0 aliphatic heterocycles. The molecule has 0 saturated heterocycles. The number of aliphatic hydroxyl groups excluding tert-OH is 1. The van der Waals surface area contributed by atoms with Crippen molar-refractivity contribution in [3.05, 3.63) is 0 Å². The van der Waals surface area contributed by atoms with Crippen LogP contribution in [0.5, 0.6) is 0 Å². The number of amides is 3. The number of hydrogen-bond acceptors (Lipinski definition) is 7. The monoisotopic (exact) mass is 350 g/mol. The average molecular weight is 350 g/mol. The molecule has 8 N–H and O–H groups in total. The van der Waals surface area contributed by atoms with Crippen molar-refractivity contribution in [3.8, 4) is 0 Å². The van der Waals surface area contributed by atoms with Gasteiger partial charge in [0.2, 0.25) is 17.7 Å². The van der Waals surface area contributed by atoms with Crippen molar-refractivity contribution in [2.75, 3.05) is 18.6 Å². The highest BCUT2D eigenvalue weighted by Crippen LogP contribution is 2.02. The average Bonchev–Trinajstić information content (AvgIpc) is 2.47. The third kappa shape index (κ3) is 8.38. The predicted molar refractivity (Wildman–Crippen MR) is 83.4 cm³/mol. The van der Waals surface area contributed by atoms with E-state index in [2.05, 4.69) is 10.6 Å². The van der Waals surface area contributed by atoms with Crippen molar-refractivity contribution in [2.24, 2.45) is 11.5 Å². The van der Waals surface area contributed by atoms with Crippen molar-refractivity contribution >= 4 is 35.5 Å². The number of hydrogen-bond donors (Lipinski definition) is 6. The Balaban J connectivity index is 4.69. The number of carboxylic acid groups (broad SMARTS) is 1. The molecule has 0 aromatic rings. The molecule has 3 amide bonds. The Morgan fingerprint density at radius 3 is 2.13 bits per heavy atom. The van der Waals surface area contributed by atoms with E-state index in [9.17, 15) is 24.3 Å². The lowest BCUT2D eigenvalue weighted by molar-refractivity contribution is -0.142. The van der Waals surface area contributed by atoms with Crippen LogP contribution in [0, 0.1) is 0 Å². The highest BCUT2D eigenvalue weighted by molar-refractivity contribution is 7.98. The van der Waals surface area contributed by atoms with Crippen molar-refractivity contribution in [1.82, 2.24) is 10.6 Å². The minimum absolute atomic E-state index is 0.190. The summed E-state index contributed by atoms with van der Waals surface area (Å²) in [4.78, 5) is 45.4. The molecular formula is C12H22N4O6S. The molecule has 23 heavy (non-hydrogen) atoms. The fraction of sp³-hybridized carbons (Fsp3) is 0.667. The zero-order valence-electron chi connectivity index (χ0n) is 12.7. The zero-order chi connectivity index (χ0) is 18.0. The van der Waals surface area contributed by atoms with Gasteiger partial charge in [0.25, 0.3) is 0 Å². The second-order valence-corrected chi connectivity index (χ2v) is 5.69. The second-order valence-electron chi connectivity index (χ2n) is 4.70. The first-order valence-electron chi connectivity index (χ1n) is 6.70. The second kappa shape index (κ2) is 10.8. The van der Waals surface area contributed by atoms with Gasteiger partial charge in [0.1, 0.15) is 12.1 Å². The van der Waals surface area contributed by atoms with Gasteiger partial charge in [0, 0.05) is 0 Å². The molecule has 0 spiro atoms. The smallest absolute Gasteiger partial charge is 0.326 e. The van der Waals surface area contributed by atoms with E-state index in [0.717, 1.165) is 0 Å². The number of thioether (sulfide) groups is 1. The topological polar surface area (TPSA) is 185 Å². The minimum Gasteiger partial charge on any atom is -0.480 e. The summed E-state index contributed by atoms with van der Waals surface area (Å²) < 4.78 is 0. The van der Waals surface area contributed by atoms with Crippen LogP contribution in [0.1, 0.15) is 12.8 Å². The van der Waals surface area contributed by atoms with Crippen LogP contribution in [0.25, 0.3) is 0 Å². The summed E-state index contributed by atoms with van der Waals surface area (Å²) >= 11 is 1.41. The Labute approximate surface area is 137 Å². The van der Waals surface area contributed by atoms with E-state index in [1.54, 1.807) is 6.26 Å². The van der Waals surface area contributed by atoms with Gasteiger partial charge in [-0.05, 0) is 18.4 Å². The third-order valence-electron chi connectivity index (χ3n) is 2.80. The van der Waals surface area contributed by atoms with E-state index >= 15 is 0 Å². The van der Waals surface area contributed by atoms with Crippen molar-refractivity contribution < 1.29 is 29.4 Å². The van der Waals surface area contributed by atoms with E-state index in [1.165, 1.54) is 11.8 Å². The number of aliphatic hydroxyl groups is 1. The molecule has 10 nitrogen and oxygen atoms in total. The predicted octanol–water partition coefficient (Wildman–Crippen LogP) is -3.01. The molecule has 0 bridgehead atoms. The molecule has 0 radical (unpaired) electrons. The van der Waals surface area contributed by atoms with Crippen molar-refractivity contribution in [1.29, 1.82) is 0 Å². The first-order chi connectivity index (χ1) is 10.7. The lowest BCUT2D eigenvalue weighted by Gasteiger charge is -2.21. The molecule has 0 saturated carbocycles. The minimum atomic E-state index is -1.38. The first kappa shape index (κ1) is 21.1. The quantitative estimate of drug-likeness (QED) is 0.227. The van der Waals surface area contributed by atoms with Gasteiger partial charge in [-0.3, -0.25) is 14.4 Å². The van der Waals surface area contributed by atoms with E-state index in [0.29, 0.717) is 5.75 Å². The Hall–Kier alpha value is -1.85. The normalized spacial score (nSPS) is 14.4. The van der Waals surface area contributed by atoms with E-state index < -0.39 is 54.8 Å². The van der Waals surface area contributed by atoms with Gasteiger partial charge in [0.05, 0.1) is 19.1 Å². The number of carbonyl (C=O) groups is 4. The Morgan fingerprint density at radius 2 is 1.70 bits per heavy atom. The zero-order valence-corrected chi connectivity index (χ0v) is 13.5. The molecular weight excluding hydrogens is 328 g/mol. The van der Waals surface area contributed by atoms with Crippen LogP contribution in [0.15, 0.2) is 0 Å². The summed E-state index contributed by atoms with van der Waals surface area (Å²) in [5.74, 6) is -3.22. The van der Waals surface area contributed by atoms with Crippen molar-refractivity contribution in [2.45, 2.75) is 31.0 Å². The molecule has 3 unspecified atom stereocenters. The van der Waals surface area contributed by atoms with Crippen LogP contribution in [0.4, 0.5) is 0 Å². The molecule has 3 atom stereocenters. The molecule has 11 heteroatoms. The number of aliphatic carboxylic acids is 1. The van der Waals surface area contributed by atoms with Crippen LogP contribution in [0.3, 0.4) is 0 Å². The van der Waals surface area contributed by atoms with Crippen LogP contribution in [0.2, 0.25) is 0 Å². The van der Waals surface area contributed by atoms with Gasteiger partial charge in [-0.2, -0.15) is 11.8 Å². The summed E-state index contributed by atoms with van der Waals surface area (Å²) in [5, 5.41) is 22.6. The Bertz CT molecular complexity index is 447. The summed E-state index contributed by atoms with van der Waals surface area (Å²) in [6.07, 6.45) is 1.56. The number of rotatable bonds is 11. The molecule has 0 aromatic heterocycles. The summed E-state index contributed by atoms with van der Waals surface area (Å²) in [7, 11) is 0. The Kier molecular flexibility index (Phi) is 9.94. The molecule has 0 aliphatic rings. The molecule has 0 aliphatic carbocycles. The fourth-order valence-corrected chi connectivity index (χ4v) is 2.02. The maximum absolute atomic E-state index is 11.9.